The van der Waals surface area contributed by atoms with Gasteiger partial charge in [-0.2, -0.15) is 0 Å². The average Bonchev–Trinajstić information content (AvgIpc) is 2.52. The fourth-order valence-electron chi connectivity index (χ4n) is 1.63. The van der Waals surface area contributed by atoms with Gasteiger partial charge >= 0.3 is 0 Å². The van der Waals surface area contributed by atoms with Gasteiger partial charge in [-0.05, 0) is 18.8 Å². The highest BCUT2D eigenvalue weighted by atomic mass is 35.5. The lowest BCUT2D eigenvalue weighted by Crippen LogP contribution is -2.44. The van der Waals surface area contributed by atoms with Gasteiger partial charge in [0.2, 0.25) is 5.91 Å². The van der Waals surface area contributed by atoms with Gasteiger partial charge in [0, 0.05) is 18.2 Å². The highest BCUT2D eigenvalue weighted by Crippen LogP contribution is 2.25. The SMILES string of the molecule is Cl.O=C(NCC1CCC1)[C@H]1CSCN1. The summed E-state index contributed by atoms with van der Waals surface area (Å²) in [5, 5.41) is 6.18. The maximum atomic E-state index is 11.5. The first-order chi connectivity index (χ1) is 6.36. The molecule has 0 unspecified atom stereocenters. The van der Waals surface area contributed by atoms with E-state index in [2.05, 4.69) is 10.6 Å². The summed E-state index contributed by atoms with van der Waals surface area (Å²) >= 11 is 1.79. The van der Waals surface area contributed by atoms with Crippen molar-refractivity contribution < 1.29 is 4.79 Å². The monoisotopic (exact) mass is 236 g/mol. The van der Waals surface area contributed by atoms with E-state index in [1.165, 1.54) is 19.3 Å². The van der Waals surface area contributed by atoms with Crippen molar-refractivity contribution in [1.82, 2.24) is 10.6 Å². The van der Waals surface area contributed by atoms with E-state index >= 15 is 0 Å². The Balaban J connectivity index is 0.000000980. The molecule has 0 radical (unpaired) electrons. The second kappa shape index (κ2) is 5.83. The molecule has 82 valence electrons. The van der Waals surface area contributed by atoms with Crippen LogP contribution in [0.25, 0.3) is 0 Å². The van der Waals surface area contributed by atoms with Crippen molar-refractivity contribution in [3.63, 3.8) is 0 Å². The second-order valence-electron chi connectivity index (χ2n) is 3.81. The minimum absolute atomic E-state index is 0. The summed E-state index contributed by atoms with van der Waals surface area (Å²) in [6, 6.07) is 0.0603. The molecular weight excluding hydrogens is 220 g/mol. The van der Waals surface area contributed by atoms with Gasteiger partial charge in [0.05, 0.1) is 6.04 Å². The number of nitrogens with one attached hydrogen (secondary N) is 2. The zero-order chi connectivity index (χ0) is 9.10. The maximum absolute atomic E-state index is 11.5. The number of rotatable bonds is 3. The van der Waals surface area contributed by atoms with Crippen LogP contribution in [0.1, 0.15) is 19.3 Å². The first-order valence-electron chi connectivity index (χ1n) is 4.95. The molecule has 14 heavy (non-hydrogen) atoms. The molecule has 2 N–H and O–H groups in total. The van der Waals surface area contributed by atoms with Crippen LogP contribution in [-0.4, -0.2) is 30.1 Å². The lowest BCUT2D eigenvalue weighted by atomic mass is 9.85. The summed E-state index contributed by atoms with van der Waals surface area (Å²) in [7, 11) is 0. The lowest BCUT2D eigenvalue weighted by molar-refractivity contribution is -0.122. The molecule has 2 fully saturated rings. The Bertz CT molecular complexity index is 193. The zero-order valence-electron chi connectivity index (χ0n) is 8.12. The van der Waals surface area contributed by atoms with Crippen molar-refractivity contribution in [2.24, 2.45) is 5.92 Å². The molecule has 3 nitrogen and oxygen atoms in total. The summed E-state index contributed by atoms with van der Waals surface area (Å²) in [6.07, 6.45) is 3.94. The van der Waals surface area contributed by atoms with Crippen molar-refractivity contribution in [2.75, 3.05) is 18.2 Å². The number of hydrogen-bond donors (Lipinski definition) is 2. The average molecular weight is 237 g/mol. The normalized spacial score (nSPS) is 26.4. The molecule has 1 amide bonds. The molecule has 1 heterocycles. The Morgan fingerprint density at radius 1 is 1.50 bits per heavy atom. The highest BCUT2D eigenvalue weighted by molar-refractivity contribution is 7.99. The fraction of sp³-hybridized carbons (Fsp3) is 0.889. The predicted octanol–water partition coefficient (Wildman–Crippen LogP) is 0.987. The van der Waals surface area contributed by atoms with Gasteiger partial charge in [-0.15, -0.1) is 24.2 Å². The molecule has 0 aromatic rings. The Morgan fingerprint density at radius 2 is 2.29 bits per heavy atom. The minimum Gasteiger partial charge on any atom is -0.354 e. The van der Waals surface area contributed by atoms with Crippen molar-refractivity contribution >= 4 is 30.1 Å². The largest absolute Gasteiger partial charge is 0.354 e. The van der Waals surface area contributed by atoms with Gasteiger partial charge in [0.1, 0.15) is 0 Å². The third-order valence-corrected chi connectivity index (χ3v) is 3.76. The van der Waals surface area contributed by atoms with Gasteiger partial charge < -0.3 is 5.32 Å². The molecule has 0 aromatic carbocycles. The summed E-state index contributed by atoms with van der Waals surface area (Å²) in [5.41, 5.74) is 0. The summed E-state index contributed by atoms with van der Waals surface area (Å²) in [6.45, 7) is 0.891. The second-order valence-corrected chi connectivity index (χ2v) is 4.84. The van der Waals surface area contributed by atoms with Crippen LogP contribution in [0.3, 0.4) is 0 Å². The standard InChI is InChI=1S/C9H16N2OS.ClH/c12-9(8-5-13-6-11-8)10-4-7-2-1-3-7;/h7-8,11H,1-6H2,(H,10,12);1H/t8-;/m1./s1. The van der Waals surface area contributed by atoms with Crippen LogP contribution in [0, 0.1) is 5.92 Å². The third kappa shape index (κ3) is 3.04. The molecule has 1 atom stereocenters. The molecule has 2 aliphatic rings. The Hall–Kier alpha value is 0.0700. The van der Waals surface area contributed by atoms with Crippen LogP contribution in [0.2, 0.25) is 0 Å². The van der Waals surface area contributed by atoms with E-state index in [1.807, 2.05) is 0 Å². The fourth-order valence-corrected chi connectivity index (χ4v) is 2.57. The van der Waals surface area contributed by atoms with Crippen LogP contribution >= 0.6 is 24.2 Å². The quantitative estimate of drug-likeness (QED) is 0.768. The molecule has 0 bridgehead atoms. The molecule has 1 aliphatic heterocycles. The molecule has 1 saturated heterocycles. The first kappa shape index (κ1) is 12.1. The maximum Gasteiger partial charge on any atom is 0.238 e. The van der Waals surface area contributed by atoms with Gasteiger partial charge in [0.15, 0.2) is 0 Å². The lowest BCUT2D eigenvalue weighted by Gasteiger charge is -2.25. The van der Waals surface area contributed by atoms with Crippen LogP contribution in [-0.2, 0) is 4.79 Å². The predicted molar refractivity (Wildman–Crippen MR) is 61.8 cm³/mol. The van der Waals surface area contributed by atoms with Crippen LogP contribution in [0.15, 0.2) is 0 Å². The van der Waals surface area contributed by atoms with Crippen molar-refractivity contribution in [3.8, 4) is 0 Å². The Morgan fingerprint density at radius 3 is 2.79 bits per heavy atom. The van der Waals surface area contributed by atoms with Crippen LogP contribution < -0.4 is 10.6 Å². The minimum atomic E-state index is 0. The number of carbonyl (C=O) groups is 1. The van der Waals surface area contributed by atoms with Gasteiger partial charge in [-0.1, -0.05) is 6.42 Å². The Labute approximate surface area is 95.2 Å². The molecule has 1 saturated carbocycles. The molecule has 2 rings (SSSR count). The van der Waals surface area contributed by atoms with E-state index in [9.17, 15) is 4.79 Å². The van der Waals surface area contributed by atoms with Crippen molar-refractivity contribution in [3.05, 3.63) is 0 Å². The molecule has 0 aromatic heterocycles. The van der Waals surface area contributed by atoms with E-state index < -0.39 is 0 Å². The van der Waals surface area contributed by atoms with E-state index in [4.69, 9.17) is 0 Å². The zero-order valence-corrected chi connectivity index (χ0v) is 9.76. The number of carbonyl (C=O) groups excluding carboxylic acids is 1. The number of halogens is 1. The summed E-state index contributed by atoms with van der Waals surface area (Å²) in [5.74, 6) is 2.80. The van der Waals surface area contributed by atoms with Crippen LogP contribution in [0.5, 0.6) is 0 Å². The van der Waals surface area contributed by atoms with Crippen LogP contribution in [0.4, 0.5) is 0 Å². The van der Waals surface area contributed by atoms with Crippen molar-refractivity contribution in [2.45, 2.75) is 25.3 Å². The summed E-state index contributed by atoms with van der Waals surface area (Å²) < 4.78 is 0. The Kier molecular flexibility index (Phi) is 5.06. The van der Waals surface area contributed by atoms with Gasteiger partial charge in [0.25, 0.3) is 0 Å². The van der Waals surface area contributed by atoms with Gasteiger partial charge in [-0.3, -0.25) is 10.1 Å². The number of thioether (sulfide) groups is 1. The number of amides is 1. The van der Waals surface area contributed by atoms with Gasteiger partial charge in [-0.25, -0.2) is 0 Å². The smallest absolute Gasteiger partial charge is 0.238 e. The summed E-state index contributed by atoms with van der Waals surface area (Å²) in [4.78, 5) is 11.5. The molecule has 0 spiro atoms. The third-order valence-electron chi connectivity index (χ3n) is 2.82. The van der Waals surface area contributed by atoms with Crippen molar-refractivity contribution in [1.29, 1.82) is 0 Å². The molecule has 5 heteroatoms. The van der Waals surface area contributed by atoms with E-state index in [0.29, 0.717) is 0 Å². The molecule has 1 aliphatic carbocycles. The highest BCUT2D eigenvalue weighted by Gasteiger charge is 2.24. The number of hydrogen-bond acceptors (Lipinski definition) is 3. The van der Waals surface area contributed by atoms with E-state index in [1.54, 1.807) is 11.8 Å². The van der Waals surface area contributed by atoms with E-state index in [-0.39, 0.29) is 24.4 Å². The molecular formula is C9H17ClN2OS. The topological polar surface area (TPSA) is 41.1 Å². The van der Waals surface area contributed by atoms with E-state index in [0.717, 1.165) is 24.1 Å². The first-order valence-corrected chi connectivity index (χ1v) is 6.10.